The Bertz CT molecular complexity index is 375. The highest BCUT2D eigenvalue weighted by molar-refractivity contribution is 5.94. The van der Waals surface area contributed by atoms with Crippen LogP contribution in [-0.4, -0.2) is 32.3 Å². The lowest BCUT2D eigenvalue weighted by Crippen LogP contribution is -2.35. The van der Waals surface area contributed by atoms with Crippen LogP contribution in [0.25, 0.3) is 0 Å². The molecular weight excluding hydrogens is 242 g/mol. The van der Waals surface area contributed by atoms with E-state index in [1.54, 1.807) is 19.2 Å². The minimum atomic E-state index is -0.0929. The third-order valence-electron chi connectivity index (χ3n) is 2.68. The molecule has 1 atom stereocenters. The van der Waals surface area contributed by atoms with Crippen molar-refractivity contribution in [1.82, 2.24) is 5.32 Å². The van der Waals surface area contributed by atoms with Crippen molar-refractivity contribution in [2.24, 2.45) is 0 Å². The van der Waals surface area contributed by atoms with Gasteiger partial charge in [0.05, 0.1) is 13.2 Å². The molecule has 0 spiro atoms. The first-order valence-corrected chi connectivity index (χ1v) is 6.70. The number of hydrogen-bond donors (Lipinski definition) is 1. The molecule has 1 aromatic carbocycles. The van der Waals surface area contributed by atoms with E-state index in [4.69, 9.17) is 9.47 Å². The Morgan fingerprint density at radius 2 is 2.00 bits per heavy atom. The molecule has 0 aromatic heterocycles. The minimum Gasteiger partial charge on any atom is -0.494 e. The number of carbonyl (C=O) groups excluding carboxylic acids is 1. The first kappa shape index (κ1) is 15.5. The summed E-state index contributed by atoms with van der Waals surface area (Å²) in [5.74, 6) is 0.708. The smallest absolute Gasteiger partial charge is 0.251 e. The van der Waals surface area contributed by atoms with E-state index in [0.717, 1.165) is 18.6 Å². The lowest BCUT2D eigenvalue weighted by atomic mass is 10.2. The Balaban J connectivity index is 2.48. The number of nitrogens with one attached hydrogen (secondary N) is 1. The molecule has 1 unspecified atom stereocenters. The molecule has 0 radical (unpaired) electrons. The van der Waals surface area contributed by atoms with Crippen molar-refractivity contribution < 1.29 is 14.3 Å². The van der Waals surface area contributed by atoms with E-state index in [1.807, 2.05) is 19.1 Å². The van der Waals surface area contributed by atoms with Crippen LogP contribution in [0.3, 0.4) is 0 Å². The first-order valence-electron chi connectivity index (χ1n) is 6.70. The van der Waals surface area contributed by atoms with Gasteiger partial charge in [-0.25, -0.2) is 0 Å². The van der Waals surface area contributed by atoms with Crippen LogP contribution in [0, 0.1) is 0 Å². The Morgan fingerprint density at radius 1 is 1.32 bits per heavy atom. The zero-order valence-corrected chi connectivity index (χ0v) is 11.9. The molecule has 0 heterocycles. The number of rotatable bonds is 8. The molecule has 4 nitrogen and oxygen atoms in total. The SMILES string of the molecule is CCCCOc1ccc(C(=O)NC(C)COC)cc1. The molecule has 0 saturated heterocycles. The average Bonchev–Trinajstić information content (AvgIpc) is 2.40. The van der Waals surface area contributed by atoms with Crippen LogP contribution in [0.1, 0.15) is 37.0 Å². The lowest BCUT2D eigenvalue weighted by molar-refractivity contribution is 0.0905. The van der Waals surface area contributed by atoms with Gasteiger partial charge in [0.1, 0.15) is 5.75 Å². The predicted molar refractivity (Wildman–Crippen MR) is 75.6 cm³/mol. The van der Waals surface area contributed by atoms with Gasteiger partial charge in [-0.05, 0) is 37.6 Å². The standard InChI is InChI=1S/C15H23NO3/c1-4-5-10-19-14-8-6-13(7-9-14)15(17)16-12(2)11-18-3/h6-9,12H,4-5,10-11H2,1-3H3,(H,16,17). The highest BCUT2D eigenvalue weighted by atomic mass is 16.5. The molecule has 0 fully saturated rings. The van der Waals surface area contributed by atoms with Crippen LogP contribution in [0.5, 0.6) is 5.75 Å². The maximum absolute atomic E-state index is 11.9. The summed E-state index contributed by atoms with van der Waals surface area (Å²) < 4.78 is 10.5. The summed E-state index contributed by atoms with van der Waals surface area (Å²) in [5.41, 5.74) is 0.630. The van der Waals surface area contributed by atoms with Gasteiger partial charge in [0, 0.05) is 18.7 Å². The van der Waals surface area contributed by atoms with Crippen LogP contribution in [0.4, 0.5) is 0 Å². The van der Waals surface area contributed by atoms with Crippen molar-refractivity contribution >= 4 is 5.91 Å². The van der Waals surface area contributed by atoms with E-state index in [-0.39, 0.29) is 11.9 Å². The maximum atomic E-state index is 11.9. The monoisotopic (exact) mass is 265 g/mol. The summed E-state index contributed by atoms with van der Waals surface area (Å²) >= 11 is 0. The van der Waals surface area contributed by atoms with Gasteiger partial charge in [-0.15, -0.1) is 0 Å². The predicted octanol–water partition coefficient (Wildman–Crippen LogP) is 2.63. The Labute approximate surface area is 115 Å². The molecule has 0 bridgehead atoms. The third-order valence-corrected chi connectivity index (χ3v) is 2.68. The van der Waals surface area contributed by atoms with E-state index < -0.39 is 0 Å². The molecule has 1 rings (SSSR count). The number of carbonyl (C=O) groups is 1. The molecule has 1 amide bonds. The van der Waals surface area contributed by atoms with E-state index in [1.165, 1.54) is 0 Å². The summed E-state index contributed by atoms with van der Waals surface area (Å²) in [7, 11) is 1.62. The topological polar surface area (TPSA) is 47.6 Å². The normalized spacial score (nSPS) is 11.9. The molecular formula is C15H23NO3. The van der Waals surface area contributed by atoms with Crippen molar-refractivity contribution in [2.45, 2.75) is 32.7 Å². The Morgan fingerprint density at radius 3 is 2.58 bits per heavy atom. The lowest BCUT2D eigenvalue weighted by Gasteiger charge is -2.13. The van der Waals surface area contributed by atoms with Crippen molar-refractivity contribution in [3.8, 4) is 5.75 Å². The maximum Gasteiger partial charge on any atom is 0.251 e. The van der Waals surface area contributed by atoms with Gasteiger partial charge in [0.2, 0.25) is 0 Å². The Kier molecular flexibility index (Phi) is 6.97. The van der Waals surface area contributed by atoms with Gasteiger partial charge in [0.25, 0.3) is 5.91 Å². The van der Waals surface area contributed by atoms with Crippen molar-refractivity contribution in [1.29, 1.82) is 0 Å². The van der Waals surface area contributed by atoms with Crippen LogP contribution in [0.15, 0.2) is 24.3 Å². The highest BCUT2D eigenvalue weighted by Crippen LogP contribution is 2.12. The minimum absolute atomic E-state index is 0.00187. The van der Waals surface area contributed by atoms with Gasteiger partial charge in [0.15, 0.2) is 0 Å². The van der Waals surface area contributed by atoms with E-state index in [2.05, 4.69) is 12.2 Å². The highest BCUT2D eigenvalue weighted by Gasteiger charge is 2.09. The fourth-order valence-electron chi connectivity index (χ4n) is 1.64. The van der Waals surface area contributed by atoms with E-state index >= 15 is 0 Å². The van der Waals surface area contributed by atoms with Crippen molar-refractivity contribution in [3.05, 3.63) is 29.8 Å². The molecule has 106 valence electrons. The molecule has 1 N–H and O–H groups in total. The average molecular weight is 265 g/mol. The number of hydrogen-bond acceptors (Lipinski definition) is 3. The molecule has 0 aliphatic carbocycles. The van der Waals surface area contributed by atoms with Gasteiger partial charge >= 0.3 is 0 Å². The van der Waals surface area contributed by atoms with Gasteiger partial charge in [-0.1, -0.05) is 13.3 Å². The fraction of sp³-hybridized carbons (Fsp3) is 0.533. The second kappa shape index (κ2) is 8.53. The fourth-order valence-corrected chi connectivity index (χ4v) is 1.64. The van der Waals surface area contributed by atoms with E-state index in [0.29, 0.717) is 18.8 Å². The summed E-state index contributed by atoms with van der Waals surface area (Å²) in [6, 6.07) is 7.20. The van der Waals surface area contributed by atoms with Crippen LogP contribution >= 0.6 is 0 Å². The molecule has 1 aromatic rings. The molecule has 19 heavy (non-hydrogen) atoms. The van der Waals surface area contributed by atoms with Gasteiger partial charge < -0.3 is 14.8 Å². The number of benzene rings is 1. The summed E-state index contributed by atoms with van der Waals surface area (Å²) in [5, 5.41) is 2.86. The van der Waals surface area contributed by atoms with Crippen molar-refractivity contribution in [2.75, 3.05) is 20.3 Å². The van der Waals surface area contributed by atoms with Crippen LogP contribution < -0.4 is 10.1 Å². The quantitative estimate of drug-likeness (QED) is 0.735. The van der Waals surface area contributed by atoms with Crippen molar-refractivity contribution in [3.63, 3.8) is 0 Å². The summed E-state index contributed by atoms with van der Waals surface area (Å²) in [4.78, 5) is 11.9. The summed E-state index contributed by atoms with van der Waals surface area (Å²) in [6.45, 7) is 5.25. The largest absolute Gasteiger partial charge is 0.494 e. The number of amides is 1. The third kappa shape index (κ3) is 5.75. The zero-order chi connectivity index (χ0) is 14.1. The molecule has 4 heteroatoms. The first-order chi connectivity index (χ1) is 9.17. The second-order valence-corrected chi connectivity index (χ2v) is 4.56. The van der Waals surface area contributed by atoms with Crippen LogP contribution in [0.2, 0.25) is 0 Å². The number of ether oxygens (including phenoxy) is 2. The van der Waals surface area contributed by atoms with Gasteiger partial charge in [-0.2, -0.15) is 0 Å². The number of methoxy groups -OCH3 is 1. The summed E-state index contributed by atoms with van der Waals surface area (Å²) in [6.07, 6.45) is 2.15. The second-order valence-electron chi connectivity index (χ2n) is 4.56. The number of unbranched alkanes of at least 4 members (excludes halogenated alkanes) is 1. The molecule has 0 aliphatic heterocycles. The van der Waals surface area contributed by atoms with Crippen LogP contribution in [-0.2, 0) is 4.74 Å². The Hall–Kier alpha value is -1.55. The molecule has 0 saturated carbocycles. The van der Waals surface area contributed by atoms with Gasteiger partial charge in [-0.3, -0.25) is 4.79 Å². The zero-order valence-electron chi connectivity index (χ0n) is 11.9. The van der Waals surface area contributed by atoms with E-state index in [9.17, 15) is 4.79 Å². The molecule has 0 aliphatic rings.